The van der Waals surface area contributed by atoms with E-state index >= 15 is 0 Å². The second-order valence-corrected chi connectivity index (χ2v) is 8.40. The zero-order chi connectivity index (χ0) is 18.4. The zero-order valence-corrected chi connectivity index (χ0v) is 15.6. The van der Waals surface area contributed by atoms with E-state index in [0.717, 1.165) is 24.2 Å². The van der Waals surface area contributed by atoms with Crippen molar-refractivity contribution < 1.29 is 19.1 Å². The minimum absolute atomic E-state index is 0.0690. The number of ether oxygens (including phenoxy) is 1. The van der Waals surface area contributed by atoms with E-state index in [1.807, 2.05) is 27.7 Å². The quantitative estimate of drug-likeness (QED) is 0.765. The summed E-state index contributed by atoms with van der Waals surface area (Å²) in [6.07, 6.45) is 3.51. The smallest absolute Gasteiger partial charge is 0.325 e. The van der Waals surface area contributed by atoms with Crippen molar-refractivity contribution in [2.45, 2.75) is 70.6 Å². The van der Waals surface area contributed by atoms with Crippen LogP contribution in [0.5, 0.6) is 0 Å². The highest BCUT2D eigenvalue weighted by Gasteiger charge is 2.55. The molecule has 1 N–H and O–H groups in total. The molecule has 2 saturated heterocycles. The molecule has 25 heavy (non-hydrogen) atoms. The molecule has 3 rings (SSSR count). The number of carbonyl (C=O) groups is 3. The topological polar surface area (TPSA) is 79.0 Å². The molecule has 3 unspecified atom stereocenters. The minimum Gasteiger partial charge on any atom is -0.369 e. The van der Waals surface area contributed by atoms with Crippen LogP contribution in [0.3, 0.4) is 0 Å². The summed E-state index contributed by atoms with van der Waals surface area (Å²) in [6, 6.07) is -0.437. The van der Waals surface area contributed by atoms with Crippen molar-refractivity contribution in [1.82, 2.24) is 15.1 Å². The molecule has 3 fully saturated rings. The monoisotopic (exact) mass is 351 g/mol. The number of carbonyl (C=O) groups excluding carboxylic acids is 3. The van der Waals surface area contributed by atoms with E-state index in [2.05, 4.69) is 5.32 Å². The molecule has 0 aromatic rings. The van der Waals surface area contributed by atoms with Crippen LogP contribution < -0.4 is 5.32 Å². The molecule has 1 aliphatic carbocycles. The molecule has 3 atom stereocenters. The van der Waals surface area contributed by atoms with Gasteiger partial charge in [-0.05, 0) is 39.5 Å². The second-order valence-electron chi connectivity index (χ2n) is 8.40. The number of amides is 4. The molecule has 3 aliphatic rings. The molecule has 2 aliphatic heterocycles. The van der Waals surface area contributed by atoms with Crippen molar-refractivity contribution in [3.63, 3.8) is 0 Å². The van der Waals surface area contributed by atoms with Gasteiger partial charge in [0, 0.05) is 13.1 Å². The number of imide groups is 1. The van der Waals surface area contributed by atoms with Crippen LogP contribution in [-0.2, 0) is 14.3 Å². The van der Waals surface area contributed by atoms with E-state index in [9.17, 15) is 14.4 Å². The van der Waals surface area contributed by atoms with E-state index in [1.54, 1.807) is 4.90 Å². The van der Waals surface area contributed by atoms with Gasteiger partial charge in [-0.1, -0.05) is 19.8 Å². The summed E-state index contributed by atoms with van der Waals surface area (Å²) in [6.45, 7) is 8.56. The summed E-state index contributed by atoms with van der Waals surface area (Å²) in [5.41, 5.74) is -1.24. The van der Waals surface area contributed by atoms with Gasteiger partial charge in [0.25, 0.3) is 5.91 Å². The largest absolute Gasteiger partial charge is 0.369 e. The van der Waals surface area contributed by atoms with Crippen LogP contribution in [-0.4, -0.2) is 64.5 Å². The van der Waals surface area contributed by atoms with Crippen molar-refractivity contribution in [1.29, 1.82) is 0 Å². The third-order valence-electron chi connectivity index (χ3n) is 5.72. The lowest BCUT2D eigenvalue weighted by atomic mass is 9.73. The molecule has 0 radical (unpaired) electrons. The average Bonchev–Trinajstić information content (AvgIpc) is 2.73. The van der Waals surface area contributed by atoms with Gasteiger partial charge in [-0.3, -0.25) is 14.5 Å². The molecule has 0 aromatic heterocycles. The van der Waals surface area contributed by atoms with Crippen molar-refractivity contribution in [2.75, 3.05) is 19.6 Å². The number of hydrogen-bond donors (Lipinski definition) is 1. The predicted molar refractivity (Wildman–Crippen MR) is 91.8 cm³/mol. The van der Waals surface area contributed by atoms with E-state index in [0.29, 0.717) is 19.5 Å². The van der Waals surface area contributed by atoms with Gasteiger partial charge in [-0.25, -0.2) is 4.79 Å². The van der Waals surface area contributed by atoms with E-state index < -0.39 is 17.2 Å². The normalized spacial score (nSPS) is 35.2. The van der Waals surface area contributed by atoms with Crippen molar-refractivity contribution >= 4 is 17.8 Å². The minimum atomic E-state index is -0.812. The van der Waals surface area contributed by atoms with E-state index in [1.165, 1.54) is 0 Å². The molecule has 140 valence electrons. The molecule has 1 saturated carbocycles. The Morgan fingerprint density at radius 3 is 2.64 bits per heavy atom. The lowest BCUT2D eigenvalue weighted by molar-refractivity contribution is -0.159. The maximum atomic E-state index is 13.0. The second kappa shape index (κ2) is 6.27. The number of rotatable bonds is 2. The average molecular weight is 351 g/mol. The van der Waals surface area contributed by atoms with Gasteiger partial charge in [0.2, 0.25) is 5.91 Å². The third-order valence-corrected chi connectivity index (χ3v) is 5.72. The molecule has 2 heterocycles. The lowest BCUT2D eigenvalue weighted by Gasteiger charge is -2.42. The Labute approximate surface area is 149 Å². The number of nitrogens with one attached hydrogen (secondary N) is 1. The van der Waals surface area contributed by atoms with Crippen molar-refractivity contribution in [2.24, 2.45) is 5.92 Å². The van der Waals surface area contributed by atoms with E-state index in [-0.39, 0.29) is 30.4 Å². The molecule has 4 amide bonds. The van der Waals surface area contributed by atoms with Gasteiger partial charge in [0.05, 0.1) is 11.7 Å². The highest BCUT2D eigenvalue weighted by molar-refractivity contribution is 6.09. The van der Waals surface area contributed by atoms with Crippen LogP contribution in [0.4, 0.5) is 4.79 Å². The summed E-state index contributed by atoms with van der Waals surface area (Å²) in [5.74, 6) is -0.342. The summed E-state index contributed by atoms with van der Waals surface area (Å²) >= 11 is 0. The van der Waals surface area contributed by atoms with Gasteiger partial charge < -0.3 is 15.0 Å². The van der Waals surface area contributed by atoms with Gasteiger partial charge in [0.15, 0.2) is 0 Å². The number of nitrogens with zero attached hydrogens (tertiary/aromatic N) is 2. The highest BCUT2D eigenvalue weighted by Crippen LogP contribution is 2.38. The van der Waals surface area contributed by atoms with Crippen molar-refractivity contribution in [3.8, 4) is 0 Å². The SMILES string of the molecule is CC1CN(C(=O)CN2C(=O)NC3(CCCCC3C)C2=O)CC(C)(C)O1. The number of morpholine rings is 1. The molecule has 7 heteroatoms. The molecule has 0 bridgehead atoms. The van der Waals surface area contributed by atoms with E-state index in [4.69, 9.17) is 4.74 Å². The molecule has 7 nitrogen and oxygen atoms in total. The van der Waals surface area contributed by atoms with Crippen LogP contribution in [0.2, 0.25) is 0 Å². The molecular formula is C18H29N3O4. The fourth-order valence-corrected chi connectivity index (χ4v) is 4.52. The van der Waals surface area contributed by atoms with Crippen molar-refractivity contribution in [3.05, 3.63) is 0 Å². The molecule has 1 spiro atoms. The van der Waals surface area contributed by atoms with Crippen LogP contribution in [0.1, 0.15) is 53.4 Å². The first-order valence-corrected chi connectivity index (χ1v) is 9.24. The maximum absolute atomic E-state index is 13.0. The summed E-state index contributed by atoms with van der Waals surface area (Å²) < 4.78 is 5.82. The Morgan fingerprint density at radius 2 is 2.00 bits per heavy atom. The Morgan fingerprint density at radius 1 is 1.28 bits per heavy atom. The first-order valence-electron chi connectivity index (χ1n) is 9.24. The van der Waals surface area contributed by atoms with Crippen LogP contribution in [0, 0.1) is 5.92 Å². The van der Waals surface area contributed by atoms with Gasteiger partial charge >= 0.3 is 6.03 Å². The molecule has 0 aromatic carbocycles. The van der Waals surface area contributed by atoms with Crippen LogP contribution >= 0.6 is 0 Å². The first-order chi connectivity index (χ1) is 11.6. The summed E-state index contributed by atoms with van der Waals surface area (Å²) in [4.78, 5) is 40.9. The summed E-state index contributed by atoms with van der Waals surface area (Å²) in [5, 5.41) is 2.89. The highest BCUT2D eigenvalue weighted by atomic mass is 16.5. The first kappa shape index (κ1) is 18.2. The predicted octanol–water partition coefficient (Wildman–Crippen LogP) is 1.51. The summed E-state index contributed by atoms with van der Waals surface area (Å²) in [7, 11) is 0. The van der Waals surface area contributed by atoms with Gasteiger partial charge in [-0.2, -0.15) is 0 Å². The fourth-order valence-electron chi connectivity index (χ4n) is 4.52. The standard InChI is InChI=1S/C18H29N3O4/c1-12-7-5-6-8-18(12)15(23)21(16(24)19-18)10-14(22)20-9-13(2)25-17(3,4)11-20/h12-13H,5-11H2,1-4H3,(H,19,24). The lowest BCUT2D eigenvalue weighted by Crippen LogP contribution is -2.56. The Hall–Kier alpha value is -1.63. The number of hydrogen-bond acceptors (Lipinski definition) is 4. The number of urea groups is 1. The Kier molecular flexibility index (Phi) is 4.56. The third kappa shape index (κ3) is 3.26. The van der Waals surface area contributed by atoms with Gasteiger partial charge in [-0.15, -0.1) is 0 Å². The van der Waals surface area contributed by atoms with Gasteiger partial charge in [0.1, 0.15) is 12.1 Å². The van der Waals surface area contributed by atoms with Crippen LogP contribution in [0.25, 0.3) is 0 Å². The Balaban J connectivity index is 1.71. The molecular weight excluding hydrogens is 322 g/mol. The zero-order valence-electron chi connectivity index (χ0n) is 15.6. The Bertz CT molecular complexity index is 591. The fraction of sp³-hybridized carbons (Fsp3) is 0.833. The van der Waals surface area contributed by atoms with Crippen LogP contribution in [0.15, 0.2) is 0 Å². The maximum Gasteiger partial charge on any atom is 0.325 e.